The Morgan fingerprint density at radius 3 is 2.77 bits per heavy atom. The van der Waals surface area contributed by atoms with E-state index in [0.717, 1.165) is 18.6 Å². The molecule has 0 saturated carbocycles. The Kier molecular flexibility index (Phi) is 6.77. The Morgan fingerprint density at radius 1 is 1.07 bits per heavy atom. The van der Waals surface area contributed by atoms with Gasteiger partial charge in [0.1, 0.15) is 25.1 Å². The van der Waals surface area contributed by atoms with E-state index >= 15 is 0 Å². The molecule has 0 saturated heterocycles. The van der Waals surface area contributed by atoms with E-state index in [2.05, 4.69) is 22.4 Å². The molecule has 30 heavy (non-hydrogen) atoms. The standard InChI is InChI=1S/C24H30N2O4/c1-28-23-8-4-5-9-24(23)29-13-12-25-15-17(27)16-30-18-10-11-22-20(14-18)19-6-2-3-7-21(19)26-22/h4-5,8-11,14,17,25-27H,2-3,6-7,12-13,15-16H2,1H3. The first-order chi connectivity index (χ1) is 14.7. The van der Waals surface area contributed by atoms with E-state index in [4.69, 9.17) is 14.2 Å². The minimum atomic E-state index is -0.591. The molecular weight excluding hydrogens is 380 g/mol. The number of aromatic nitrogens is 1. The van der Waals surface area contributed by atoms with Crippen LogP contribution >= 0.6 is 0 Å². The van der Waals surface area contributed by atoms with E-state index in [-0.39, 0.29) is 6.61 Å². The van der Waals surface area contributed by atoms with Crippen LogP contribution in [0.15, 0.2) is 42.5 Å². The fourth-order valence-corrected chi connectivity index (χ4v) is 3.97. The zero-order valence-corrected chi connectivity index (χ0v) is 17.4. The summed E-state index contributed by atoms with van der Waals surface area (Å²) in [7, 11) is 1.62. The molecule has 1 atom stereocenters. The van der Waals surface area contributed by atoms with Gasteiger partial charge in [-0.1, -0.05) is 12.1 Å². The van der Waals surface area contributed by atoms with E-state index in [9.17, 15) is 5.11 Å². The van der Waals surface area contributed by atoms with Crippen LogP contribution in [0.3, 0.4) is 0 Å². The summed E-state index contributed by atoms with van der Waals surface area (Å²) < 4.78 is 16.8. The number of benzene rings is 2. The molecule has 1 aromatic heterocycles. The van der Waals surface area contributed by atoms with Gasteiger partial charge in [0.05, 0.1) is 7.11 Å². The molecule has 4 rings (SSSR count). The molecule has 1 heterocycles. The molecule has 6 heteroatoms. The number of aliphatic hydroxyl groups is 1. The first-order valence-electron chi connectivity index (χ1n) is 10.7. The van der Waals surface area contributed by atoms with Crippen LogP contribution in [0, 0.1) is 0 Å². The van der Waals surface area contributed by atoms with Gasteiger partial charge >= 0.3 is 0 Å². The second-order valence-corrected chi connectivity index (χ2v) is 7.66. The topological polar surface area (TPSA) is 75.7 Å². The lowest BCUT2D eigenvalue weighted by Gasteiger charge is -2.14. The molecule has 160 valence electrons. The average Bonchev–Trinajstić information content (AvgIpc) is 3.15. The Morgan fingerprint density at radius 2 is 1.90 bits per heavy atom. The van der Waals surface area contributed by atoms with Crippen LogP contribution in [0.5, 0.6) is 17.2 Å². The number of aromatic amines is 1. The molecule has 0 spiro atoms. The van der Waals surface area contributed by atoms with Gasteiger partial charge in [0.15, 0.2) is 11.5 Å². The van der Waals surface area contributed by atoms with E-state index in [1.165, 1.54) is 35.0 Å². The van der Waals surface area contributed by atoms with Gasteiger partial charge in [-0.3, -0.25) is 0 Å². The highest BCUT2D eigenvalue weighted by atomic mass is 16.5. The van der Waals surface area contributed by atoms with Crippen molar-refractivity contribution in [2.24, 2.45) is 0 Å². The second-order valence-electron chi connectivity index (χ2n) is 7.66. The SMILES string of the molecule is COc1ccccc1OCCNCC(O)COc1ccc2[nH]c3c(c2c1)CCCC3. The number of nitrogens with one attached hydrogen (secondary N) is 2. The molecule has 0 bridgehead atoms. The van der Waals surface area contributed by atoms with Crippen molar-refractivity contribution in [3.63, 3.8) is 0 Å². The number of aliphatic hydroxyl groups excluding tert-OH is 1. The second kappa shape index (κ2) is 9.87. The smallest absolute Gasteiger partial charge is 0.161 e. The summed E-state index contributed by atoms with van der Waals surface area (Å²) in [5, 5.41) is 14.7. The van der Waals surface area contributed by atoms with Crippen LogP contribution < -0.4 is 19.5 Å². The minimum absolute atomic E-state index is 0.248. The Balaban J connectivity index is 1.20. The van der Waals surface area contributed by atoms with Crippen molar-refractivity contribution in [1.82, 2.24) is 10.3 Å². The summed E-state index contributed by atoms with van der Waals surface area (Å²) in [5.74, 6) is 2.23. The Bertz CT molecular complexity index is 969. The summed E-state index contributed by atoms with van der Waals surface area (Å²) in [5.41, 5.74) is 3.97. The van der Waals surface area contributed by atoms with Crippen LogP contribution in [0.4, 0.5) is 0 Å². The summed E-state index contributed by atoms with van der Waals surface area (Å²) in [6, 6.07) is 13.7. The van der Waals surface area contributed by atoms with Crippen molar-refractivity contribution >= 4 is 10.9 Å². The molecule has 0 aliphatic heterocycles. The highest BCUT2D eigenvalue weighted by Crippen LogP contribution is 2.31. The number of aryl methyl sites for hydroxylation is 2. The van der Waals surface area contributed by atoms with Gasteiger partial charge in [0.2, 0.25) is 0 Å². The third-order valence-corrected chi connectivity index (χ3v) is 5.50. The van der Waals surface area contributed by atoms with Crippen LogP contribution in [0.25, 0.3) is 10.9 Å². The van der Waals surface area contributed by atoms with E-state index in [1.807, 2.05) is 30.3 Å². The van der Waals surface area contributed by atoms with Crippen LogP contribution in [-0.4, -0.2) is 49.6 Å². The molecule has 3 N–H and O–H groups in total. The maximum atomic E-state index is 10.2. The van der Waals surface area contributed by atoms with Gasteiger partial charge in [-0.25, -0.2) is 0 Å². The van der Waals surface area contributed by atoms with Gasteiger partial charge in [0, 0.05) is 29.7 Å². The lowest BCUT2D eigenvalue weighted by Crippen LogP contribution is -2.33. The summed E-state index contributed by atoms with van der Waals surface area (Å²) in [6.07, 6.45) is 4.17. The van der Waals surface area contributed by atoms with Crippen LogP contribution in [-0.2, 0) is 12.8 Å². The molecule has 6 nitrogen and oxygen atoms in total. The largest absolute Gasteiger partial charge is 0.493 e. The number of hydrogen-bond donors (Lipinski definition) is 3. The highest BCUT2D eigenvalue weighted by Gasteiger charge is 2.16. The number of fused-ring (bicyclic) bond motifs is 3. The maximum absolute atomic E-state index is 10.2. The van der Waals surface area contributed by atoms with Crippen molar-refractivity contribution in [1.29, 1.82) is 0 Å². The molecule has 1 aliphatic carbocycles. The molecule has 0 radical (unpaired) electrons. The van der Waals surface area contributed by atoms with Crippen molar-refractivity contribution in [3.8, 4) is 17.2 Å². The first kappa shape index (κ1) is 20.6. The number of para-hydroxylation sites is 2. The molecule has 1 aliphatic rings. The normalized spacial score (nSPS) is 14.3. The molecule has 1 unspecified atom stereocenters. The van der Waals surface area contributed by atoms with Gasteiger partial charge in [0.25, 0.3) is 0 Å². The third kappa shape index (κ3) is 4.89. The summed E-state index contributed by atoms with van der Waals surface area (Å²) in [4.78, 5) is 3.53. The van der Waals surface area contributed by atoms with Gasteiger partial charge in [-0.15, -0.1) is 0 Å². The van der Waals surface area contributed by atoms with Crippen LogP contribution in [0.1, 0.15) is 24.1 Å². The number of methoxy groups -OCH3 is 1. The fraction of sp³-hybridized carbons (Fsp3) is 0.417. The lowest BCUT2D eigenvalue weighted by molar-refractivity contribution is 0.105. The molecule has 0 fully saturated rings. The molecule has 0 amide bonds. The molecule has 2 aromatic carbocycles. The molecular formula is C24H30N2O4. The predicted molar refractivity (Wildman–Crippen MR) is 118 cm³/mol. The van der Waals surface area contributed by atoms with Crippen molar-refractivity contribution in [2.45, 2.75) is 31.8 Å². The third-order valence-electron chi connectivity index (χ3n) is 5.50. The predicted octanol–water partition coefficient (Wildman–Crippen LogP) is 3.46. The van der Waals surface area contributed by atoms with Gasteiger partial charge < -0.3 is 29.6 Å². The Hall–Kier alpha value is -2.70. The highest BCUT2D eigenvalue weighted by molar-refractivity contribution is 5.86. The minimum Gasteiger partial charge on any atom is -0.493 e. The van der Waals surface area contributed by atoms with Crippen molar-refractivity contribution in [2.75, 3.05) is 33.4 Å². The Labute approximate surface area is 177 Å². The van der Waals surface area contributed by atoms with Gasteiger partial charge in [-0.05, 0) is 61.6 Å². The van der Waals surface area contributed by atoms with Crippen molar-refractivity contribution in [3.05, 3.63) is 53.7 Å². The number of hydrogen-bond acceptors (Lipinski definition) is 5. The van der Waals surface area contributed by atoms with Crippen LogP contribution in [0.2, 0.25) is 0 Å². The lowest BCUT2D eigenvalue weighted by atomic mass is 9.96. The monoisotopic (exact) mass is 410 g/mol. The summed E-state index contributed by atoms with van der Waals surface area (Å²) in [6.45, 7) is 1.80. The summed E-state index contributed by atoms with van der Waals surface area (Å²) >= 11 is 0. The van der Waals surface area contributed by atoms with E-state index in [0.29, 0.717) is 31.2 Å². The number of H-pyrrole nitrogens is 1. The molecule has 3 aromatic rings. The number of ether oxygens (including phenoxy) is 3. The zero-order chi connectivity index (χ0) is 20.8. The average molecular weight is 411 g/mol. The van der Waals surface area contributed by atoms with Gasteiger partial charge in [-0.2, -0.15) is 0 Å². The maximum Gasteiger partial charge on any atom is 0.161 e. The first-order valence-corrected chi connectivity index (χ1v) is 10.7. The zero-order valence-electron chi connectivity index (χ0n) is 17.4. The quantitative estimate of drug-likeness (QED) is 0.446. The van der Waals surface area contributed by atoms with E-state index in [1.54, 1.807) is 7.11 Å². The van der Waals surface area contributed by atoms with E-state index < -0.39 is 6.10 Å². The number of rotatable bonds is 10. The fourth-order valence-electron chi connectivity index (χ4n) is 3.97. The van der Waals surface area contributed by atoms with Crippen molar-refractivity contribution < 1.29 is 19.3 Å².